The number of benzene rings is 1. The predicted octanol–water partition coefficient (Wildman–Crippen LogP) is 2.99. The number of rotatable bonds is 2. The Kier molecular flexibility index (Phi) is 3.62. The molecule has 0 saturated heterocycles. The number of nitrogen functional groups attached to an aromatic ring is 1. The molecule has 5 heteroatoms. The lowest BCUT2D eigenvalue weighted by molar-refractivity contribution is 0.102. The maximum absolute atomic E-state index is 12.0. The van der Waals surface area contributed by atoms with Crippen molar-refractivity contribution >= 4 is 33.2 Å². The highest BCUT2D eigenvalue weighted by atomic mass is 79.9. The normalized spacial score (nSPS) is 10.1. The maximum atomic E-state index is 12.0. The van der Waals surface area contributed by atoms with Crippen molar-refractivity contribution in [1.82, 2.24) is 4.98 Å². The third-order valence-electron chi connectivity index (χ3n) is 2.42. The second-order valence-electron chi connectivity index (χ2n) is 3.94. The van der Waals surface area contributed by atoms with E-state index in [1.54, 1.807) is 18.3 Å². The van der Waals surface area contributed by atoms with E-state index in [0.717, 1.165) is 10.0 Å². The zero-order valence-electron chi connectivity index (χ0n) is 9.77. The molecular weight excluding hydrogens is 294 g/mol. The smallest absolute Gasteiger partial charge is 0.257 e. The van der Waals surface area contributed by atoms with Crippen molar-refractivity contribution in [2.24, 2.45) is 0 Å². The van der Waals surface area contributed by atoms with Crippen LogP contribution < -0.4 is 11.1 Å². The number of pyridine rings is 1. The molecule has 92 valence electrons. The van der Waals surface area contributed by atoms with Crippen LogP contribution in [-0.2, 0) is 0 Å². The number of hydrogen-bond acceptors (Lipinski definition) is 3. The van der Waals surface area contributed by atoms with Crippen molar-refractivity contribution in [2.45, 2.75) is 6.92 Å². The Morgan fingerprint density at radius 3 is 2.83 bits per heavy atom. The van der Waals surface area contributed by atoms with Gasteiger partial charge in [-0.3, -0.25) is 9.78 Å². The molecule has 0 aliphatic carbocycles. The SMILES string of the molecule is Cc1ccc(N)c(NC(=O)c2cncc(Br)c2)c1. The Morgan fingerprint density at radius 2 is 2.11 bits per heavy atom. The molecule has 2 aromatic rings. The van der Waals surface area contributed by atoms with E-state index in [0.29, 0.717) is 16.9 Å². The fourth-order valence-electron chi connectivity index (χ4n) is 1.51. The van der Waals surface area contributed by atoms with Crippen molar-refractivity contribution in [1.29, 1.82) is 0 Å². The standard InChI is InChI=1S/C13H12BrN3O/c1-8-2-3-11(15)12(4-8)17-13(18)9-5-10(14)7-16-6-9/h2-7H,15H2,1H3,(H,17,18). The second kappa shape index (κ2) is 5.18. The first-order valence-corrected chi connectivity index (χ1v) is 6.13. The van der Waals surface area contributed by atoms with E-state index in [2.05, 4.69) is 26.2 Å². The molecule has 0 saturated carbocycles. The van der Waals surface area contributed by atoms with Crippen LogP contribution in [0, 0.1) is 6.92 Å². The van der Waals surface area contributed by atoms with Crippen LogP contribution in [0.5, 0.6) is 0 Å². The Hall–Kier alpha value is -1.88. The maximum Gasteiger partial charge on any atom is 0.257 e. The number of halogens is 1. The first kappa shape index (κ1) is 12.6. The molecule has 1 aromatic heterocycles. The minimum absolute atomic E-state index is 0.235. The summed E-state index contributed by atoms with van der Waals surface area (Å²) in [4.78, 5) is 16.0. The molecule has 0 unspecified atom stereocenters. The highest BCUT2D eigenvalue weighted by Crippen LogP contribution is 2.20. The third kappa shape index (κ3) is 2.87. The van der Waals surface area contributed by atoms with Crippen LogP contribution >= 0.6 is 15.9 Å². The molecule has 0 radical (unpaired) electrons. The Morgan fingerprint density at radius 1 is 1.33 bits per heavy atom. The number of nitrogens with zero attached hydrogens (tertiary/aromatic N) is 1. The van der Waals surface area contributed by atoms with Crippen molar-refractivity contribution < 1.29 is 4.79 Å². The molecule has 4 nitrogen and oxygen atoms in total. The van der Waals surface area contributed by atoms with Crippen molar-refractivity contribution in [3.8, 4) is 0 Å². The molecule has 0 aliphatic heterocycles. The molecule has 0 spiro atoms. The number of aromatic nitrogens is 1. The molecule has 18 heavy (non-hydrogen) atoms. The number of nitrogens with two attached hydrogens (primary N) is 1. The fourth-order valence-corrected chi connectivity index (χ4v) is 1.87. The number of amides is 1. The summed E-state index contributed by atoms with van der Waals surface area (Å²) >= 11 is 3.27. The summed E-state index contributed by atoms with van der Waals surface area (Å²) in [5.41, 5.74) is 8.47. The van der Waals surface area contributed by atoms with Gasteiger partial charge in [0, 0.05) is 16.9 Å². The van der Waals surface area contributed by atoms with Gasteiger partial charge in [-0.1, -0.05) is 6.07 Å². The van der Waals surface area contributed by atoms with E-state index in [9.17, 15) is 4.79 Å². The summed E-state index contributed by atoms with van der Waals surface area (Å²) in [5.74, 6) is -0.235. The topological polar surface area (TPSA) is 68.0 Å². The molecule has 1 heterocycles. The van der Waals surface area contributed by atoms with Gasteiger partial charge in [-0.25, -0.2) is 0 Å². The molecular formula is C13H12BrN3O. The lowest BCUT2D eigenvalue weighted by Crippen LogP contribution is -2.13. The largest absolute Gasteiger partial charge is 0.397 e. The Balaban J connectivity index is 2.24. The summed E-state index contributed by atoms with van der Waals surface area (Å²) in [6.45, 7) is 1.94. The van der Waals surface area contributed by atoms with Gasteiger partial charge in [0.15, 0.2) is 0 Å². The molecule has 1 aromatic carbocycles. The quantitative estimate of drug-likeness (QED) is 0.838. The number of carbonyl (C=O) groups is 1. The molecule has 0 atom stereocenters. The predicted molar refractivity (Wildman–Crippen MR) is 75.5 cm³/mol. The zero-order valence-corrected chi connectivity index (χ0v) is 11.4. The van der Waals surface area contributed by atoms with Crippen LogP contribution in [0.3, 0.4) is 0 Å². The van der Waals surface area contributed by atoms with E-state index < -0.39 is 0 Å². The first-order valence-electron chi connectivity index (χ1n) is 5.34. The van der Waals surface area contributed by atoms with E-state index in [1.165, 1.54) is 6.20 Å². The summed E-state index contributed by atoms with van der Waals surface area (Å²) in [6, 6.07) is 7.20. The first-order chi connectivity index (χ1) is 8.56. The van der Waals surface area contributed by atoms with E-state index in [4.69, 9.17) is 5.73 Å². The van der Waals surface area contributed by atoms with Crippen molar-refractivity contribution in [3.05, 3.63) is 52.3 Å². The van der Waals surface area contributed by atoms with Crippen LogP contribution in [0.25, 0.3) is 0 Å². The van der Waals surface area contributed by atoms with Crippen LogP contribution in [0.15, 0.2) is 41.1 Å². The average molecular weight is 306 g/mol. The van der Waals surface area contributed by atoms with Gasteiger partial charge in [0.2, 0.25) is 0 Å². The van der Waals surface area contributed by atoms with E-state index >= 15 is 0 Å². The molecule has 0 bridgehead atoms. The molecule has 2 rings (SSSR count). The van der Waals surface area contributed by atoms with Crippen LogP contribution in [-0.4, -0.2) is 10.9 Å². The van der Waals surface area contributed by atoms with E-state index in [-0.39, 0.29) is 5.91 Å². The molecule has 0 aliphatic rings. The number of anilines is 2. The van der Waals surface area contributed by atoms with Gasteiger partial charge in [0.05, 0.1) is 16.9 Å². The Bertz CT molecular complexity index is 599. The van der Waals surface area contributed by atoms with Crippen LogP contribution in [0.1, 0.15) is 15.9 Å². The number of hydrogen-bond donors (Lipinski definition) is 2. The van der Waals surface area contributed by atoms with Crippen molar-refractivity contribution in [2.75, 3.05) is 11.1 Å². The van der Waals surface area contributed by atoms with Crippen LogP contribution in [0.2, 0.25) is 0 Å². The second-order valence-corrected chi connectivity index (χ2v) is 4.85. The lowest BCUT2D eigenvalue weighted by atomic mass is 10.2. The monoisotopic (exact) mass is 305 g/mol. The average Bonchev–Trinajstić information content (AvgIpc) is 2.34. The highest BCUT2D eigenvalue weighted by molar-refractivity contribution is 9.10. The summed E-state index contributed by atoms with van der Waals surface area (Å²) in [7, 11) is 0. The summed E-state index contributed by atoms with van der Waals surface area (Å²) in [5, 5.41) is 2.77. The molecule has 0 fully saturated rings. The number of aryl methyl sites for hydroxylation is 1. The van der Waals surface area contributed by atoms with Gasteiger partial charge in [-0.2, -0.15) is 0 Å². The fraction of sp³-hybridized carbons (Fsp3) is 0.0769. The summed E-state index contributed by atoms with van der Waals surface area (Å²) < 4.78 is 0.757. The van der Waals surface area contributed by atoms with Gasteiger partial charge in [0.1, 0.15) is 0 Å². The minimum atomic E-state index is -0.235. The van der Waals surface area contributed by atoms with Gasteiger partial charge in [-0.05, 0) is 46.6 Å². The lowest BCUT2D eigenvalue weighted by Gasteiger charge is -2.09. The van der Waals surface area contributed by atoms with Gasteiger partial charge in [-0.15, -0.1) is 0 Å². The van der Waals surface area contributed by atoms with Gasteiger partial charge < -0.3 is 11.1 Å². The van der Waals surface area contributed by atoms with Crippen molar-refractivity contribution in [3.63, 3.8) is 0 Å². The van der Waals surface area contributed by atoms with E-state index in [1.807, 2.05) is 19.1 Å². The van der Waals surface area contributed by atoms with Crippen LogP contribution in [0.4, 0.5) is 11.4 Å². The third-order valence-corrected chi connectivity index (χ3v) is 2.86. The van der Waals surface area contributed by atoms with Gasteiger partial charge >= 0.3 is 0 Å². The van der Waals surface area contributed by atoms with Gasteiger partial charge in [0.25, 0.3) is 5.91 Å². The number of carbonyl (C=O) groups excluding carboxylic acids is 1. The Labute approximate surface area is 113 Å². The molecule has 1 amide bonds. The number of nitrogens with one attached hydrogen (secondary N) is 1. The minimum Gasteiger partial charge on any atom is -0.397 e. The zero-order chi connectivity index (χ0) is 13.1. The molecule has 3 N–H and O–H groups in total. The highest BCUT2D eigenvalue weighted by Gasteiger charge is 2.09. The summed E-state index contributed by atoms with van der Waals surface area (Å²) in [6.07, 6.45) is 3.13.